The second kappa shape index (κ2) is 9.32. The lowest BCUT2D eigenvalue weighted by Gasteiger charge is -2.58. The molecule has 0 saturated carbocycles. The van der Waals surface area contributed by atoms with E-state index in [1.807, 2.05) is 4.57 Å². The van der Waals surface area contributed by atoms with Crippen LogP contribution in [0.4, 0.5) is 10.6 Å². The van der Waals surface area contributed by atoms with Gasteiger partial charge in [-0.3, -0.25) is 14.3 Å². The third kappa shape index (κ3) is 6.98. The molecule has 10 nitrogen and oxygen atoms in total. The van der Waals surface area contributed by atoms with Gasteiger partial charge >= 0.3 is 16.4 Å². The summed E-state index contributed by atoms with van der Waals surface area (Å²) in [6, 6.07) is 3.00. The van der Waals surface area contributed by atoms with Crippen LogP contribution in [0.2, 0.25) is 18.1 Å². The number of anilines is 1. The van der Waals surface area contributed by atoms with E-state index in [9.17, 15) is 18.0 Å². The molecular formula is C21H36N4O6SSi. The van der Waals surface area contributed by atoms with Crippen LogP contribution >= 0.6 is 0 Å². The molecule has 2 atom stereocenters. The molecule has 2 heterocycles. The molecule has 2 amide bonds. The summed E-state index contributed by atoms with van der Waals surface area (Å²) in [4.78, 5) is 29.4. The molecule has 0 aromatic carbocycles. The first-order valence-electron chi connectivity index (χ1n) is 10.8. The fraction of sp³-hybridized carbons (Fsp3) is 0.667. The topological polar surface area (TPSA) is 141 Å². The van der Waals surface area contributed by atoms with Crippen molar-refractivity contribution in [2.75, 3.05) is 11.9 Å². The van der Waals surface area contributed by atoms with Crippen molar-refractivity contribution < 1.29 is 26.9 Å². The quantitative estimate of drug-likeness (QED) is 0.433. The van der Waals surface area contributed by atoms with Crippen molar-refractivity contribution in [3.05, 3.63) is 23.9 Å². The van der Waals surface area contributed by atoms with E-state index in [-0.39, 0.29) is 17.6 Å². The van der Waals surface area contributed by atoms with Gasteiger partial charge in [0.2, 0.25) is 5.91 Å². The molecule has 1 aromatic heterocycles. The number of β-lactam (4-membered cyclic amide) rings is 1. The monoisotopic (exact) mass is 500 g/mol. The Kier molecular flexibility index (Phi) is 7.69. The first kappa shape index (κ1) is 27.2. The van der Waals surface area contributed by atoms with Crippen LogP contribution in [0.15, 0.2) is 18.3 Å². The molecule has 3 N–H and O–H groups in total. The maximum Gasteiger partial charge on any atom is 0.413 e. The highest BCUT2D eigenvalue weighted by Crippen LogP contribution is 2.45. The van der Waals surface area contributed by atoms with Crippen molar-refractivity contribution in [3.8, 4) is 0 Å². The zero-order valence-corrected chi connectivity index (χ0v) is 22.4. The number of rotatable bonds is 7. The van der Waals surface area contributed by atoms with Gasteiger partial charge in [0.15, 0.2) is 8.24 Å². The molecule has 2 rings (SSSR count). The summed E-state index contributed by atoms with van der Waals surface area (Å²) in [7, 11) is -6.42. The zero-order chi connectivity index (χ0) is 25.4. The summed E-state index contributed by atoms with van der Waals surface area (Å²) in [5.41, 5.74) is 0.119. The second-order valence-electron chi connectivity index (χ2n) is 10.8. The van der Waals surface area contributed by atoms with Crippen molar-refractivity contribution in [2.45, 2.75) is 77.7 Å². The number of amides is 2. The number of carbonyl (C=O) groups excluding carboxylic acids is 2. The third-order valence-corrected chi connectivity index (χ3v) is 12.0. The van der Waals surface area contributed by atoms with Crippen LogP contribution in [0.5, 0.6) is 0 Å². The van der Waals surface area contributed by atoms with E-state index in [4.69, 9.17) is 14.1 Å². The highest BCUT2D eigenvalue weighted by Gasteiger charge is 2.57. The molecule has 1 fully saturated rings. The third-order valence-electron chi connectivity index (χ3n) is 6.10. The van der Waals surface area contributed by atoms with Crippen LogP contribution in [-0.2, 0) is 30.4 Å². The van der Waals surface area contributed by atoms with Gasteiger partial charge in [-0.2, -0.15) is 8.42 Å². The molecule has 0 radical (unpaired) electrons. The van der Waals surface area contributed by atoms with E-state index in [0.717, 1.165) is 5.56 Å². The highest BCUT2D eigenvalue weighted by molar-refractivity contribution is 7.84. The predicted molar refractivity (Wildman–Crippen MR) is 128 cm³/mol. The summed E-state index contributed by atoms with van der Waals surface area (Å²) in [5, 5.41) is 7.50. The number of hydrogen-bond acceptors (Lipinski definition) is 7. The minimum atomic E-state index is -4.14. The van der Waals surface area contributed by atoms with E-state index in [1.165, 1.54) is 6.20 Å². The largest absolute Gasteiger partial charge is 0.444 e. The lowest BCUT2D eigenvalue weighted by atomic mass is 9.85. The number of aromatic nitrogens is 1. The summed E-state index contributed by atoms with van der Waals surface area (Å²) >= 11 is 0. The fourth-order valence-electron chi connectivity index (χ4n) is 3.57. The van der Waals surface area contributed by atoms with Crippen LogP contribution in [0.1, 0.15) is 47.1 Å². The van der Waals surface area contributed by atoms with E-state index >= 15 is 0 Å². The number of pyridine rings is 1. The summed E-state index contributed by atoms with van der Waals surface area (Å²) in [6.45, 7) is 15.5. The fourth-order valence-corrected chi connectivity index (χ4v) is 6.42. The Morgan fingerprint density at radius 2 is 1.85 bits per heavy atom. The number of hydrogen-bond donors (Lipinski definition) is 2. The first-order valence-corrected chi connectivity index (χ1v) is 15.2. The number of nitrogens with two attached hydrogens (primary N) is 1. The van der Waals surface area contributed by atoms with Crippen molar-refractivity contribution in [1.29, 1.82) is 0 Å². The Bertz CT molecular complexity index is 1000. The highest BCUT2D eigenvalue weighted by atomic mass is 32.2. The minimum absolute atomic E-state index is 0.0388. The summed E-state index contributed by atoms with van der Waals surface area (Å²) in [6.07, 6.45) is 1.25. The molecule has 1 aliphatic heterocycles. The Hall–Kier alpha value is -2.02. The van der Waals surface area contributed by atoms with Gasteiger partial charge in [0, 0.05) is 6.20 Å². The van der Waals surface area contributed by atoms with Crippen LogP contribution in [0.25, 0.3) is 0 Å². The van der Waals surface area contributed by atoms with Gasteiger partial charge < -0.3 is 9.30 Å². The Morgan fingerprint density at radius 1 is 1.24 bits per heavy atom. The van der Waals surface area contributed by atoms with Crippen molar-refractivity contribution in [3.63, 3.8) is 0 Å². The van der Waals surface area contributed by atoms with Gasteiger partial charge in [0.1, 0.15) is 11.4 Å². The van der Waals surface area contributed by atoms with Gasteiger partial charge in [0.05, 0.1) is 18.6 Å². The number of nitrogens with zero attached hydrogens (tertiary/aromatic N) is 2. The molecule has 1 aliphatic rings. The standard InChI is InChI=1S/C21H36N4O6SSi/c1-20(2,3)31-19(27)24-17-12-14(9-10-23-17)11-15-16(13-30-32(22,28)29)25(18(15)26)33(7,8)21(4,5)6/h9-10,12,15-16H,11,13H2,1-8H3,(H2,22,28,29)(H,23,24,27)/t15-,16-/m1/s1. The van der Waals surface area contributed by atoms with Crippen LogP contribution < -0.4 is 10.5 Å². The van der Waals surface area contributed by atoms with E-state index < -0.39 is 42.2 Å². The van der Waals surface area contributed by atoms with Crippen molar-refractivity contribution in [2.24, 2.45) is 11.1 Å². The molecule has 1 aromatic rings. The average molecular weight is 501 g/mol. The maximum absolute atomic E-state index is 13.2. The number of nitrogens with one attached hydrogen (secondary N) is 1. The Labute approximate surface area is 197 Å². The summed E-state index contributed by atoms with van der Waals surface area (Å²) < 4.78 is 34.8. The predicted octanol–water partition coefficient (Wildman–Crippen LogP) is 3.02. The van der Waals surface area contributed by atoms with Gasteiger partial charge in [-0.15, -0.1) is 0 Å². The van der Waals surface area contributed by atoms with Crippen LogP contribution in [0, 0.1) is 5.92 Å². The van der Waals surface area contributed by atoms with Gasteiger partial charge in [0.25, 0.3) is 0 Å². The molecule has 12 heteroatoms. The molecule has 0 spiro atoms. The van der Waals surface area contributed by atoms with Crippen molar-refractivity contribution >= 4 is 36.4 Å². The van der Waals surface area contributed by atoms with Crippen LogP contribution in [0.3, 0.4) is 0 Å². The van der Waals surface area contributed by atoms with Gasteiger partial charge in [-0.05, 0) is 49.9 Å². The lowest BCUT2D eigenvalue weighted by Crippen LogP contribution is -2.74. The molecule has 0 unspecified atom stereocenters. The SMILES string of the molecule is CC(C)(C)OC(=O)Nc1cc(C[C@H]2C(=O)N([Si](C)(C)C(C)(C)C)[C@@H]2COS(N)(=O)=O)ccn1. The lowest BCUT2D eigenvalue weighted by molar-refractivity contribution is -0.149. The zero-order valence-electron chi connectivity index (χ0n) is 20.6. The Morgan fingerprint density at radius 3 is 2.36 bits per heavy atom. The smallest absolute Gasteiger partial charge is 0.413 e. The van der Waals surface area contributed by atoms with Gasteiger partial charge in [-0.25, -0.2) is 14.9 Å². The molecule has 0 bridgehead atoms. The molecule has 0 aliphatic carbocycles. The van der Waals surface area contributed by atoms with Crippen molar-refractivity contribution in [1.82, 2.24) is 9.55 Å². The van der Waals surface area contributed by atoms with E-state index in [0.29, 0.717) is 12.2 Å². The number of ether oxygens (including phenoxy) is 1. The Balaban J connectivity index is 2.23. The molecule has 33 heavy (non-hydrogen) atoms. The number of carbonyl (C=O) groups is 2. The molecule has 1 saturated heterocycles. The minimum Gasteiger partial charge on any atom is -0.444 e. The van der Waals surface area contributed by atoms with E-state index in [1.54, 1.807) is 32.9 Å². The van der Waals surface area contributed by atoms with Gasteiger partial charge in [-0.1, -0.05) is 33.9 Å². The summed E-state index contributed by atoms with van der Waals surface area (Å²) in [5.74, 6) is -0.215. The molecule has 186 valence electrons. The average Bonchev–Trinajstić information content (AvgIpc) is 2.59. The van der Waals surface area contributed by atoms with E-state index in [2.05, 4.69) is 44.2 Å². The molecular weight excluding hydrogens is 464 g/mol. The maximum atomic E-state index is 13.2. The first-order chi connectivity index (χ1) is 14.8. The second-order valence-corrected chi connectivity index (χ2v) is 17.2. The van der Waals surface area contributed by atoms with Crippen LogP contribution in [-0.4, -0.2) is 56.5 Å². The normalized spacial score (nSPS) is 19.8.